The molecule has 0 fully saturated rings. The molecule has 0 saturated carbocycles. The van der Waals surface area contributed by atoms with Crippen LogP contribution in [-0.2, 0) is 4.79 Å². The van der Waals surface area contributed by atoms with Crippen LogP contribution in [0.4, 0.5) is 0 Å². The Morgan fingerprint density at radius 1 is 1.36 bits per heavy atom. The van der Waals surface area contributed by atoms with Crippen LogP contribution >= 0.6 is 11.8 Å². The van der Waals surface area contributed by atoms with Crippen LogP contribution in [0, 0.1) is 0 Å². The van der Waals surface area contributed by atoms with E-state index < -0.39 is 0 Å². The lowest BCUT2D eigenvalue weighted by Crippen LogP contribution is -3.00. The number of rotatable bonds is 5. The van der Waals surface area contributed by atoms with Crippen molar-refractivity contribution in [3.8, 4) is 0 Å². The van der Waals surface area contributed by atoms with Gasteiger partial charge in [-0.2, -0.15) is 0 Å². The molecular formula is C10H22INOS. The van der Waals surface area contributed by atoms with Gasteiger partial charge in [-0.1, -0.05) is 18.7 Å². The molecule has 0 rings (SSSR count). The monoisotopic (exact) mass is 331 g/mol. The lowest BCUT2D eigenvalue weighted by atomic mass is 10.4. The minimum absolute atomic E-state index is 0. The molecular weight excluding hydrogens is 309 g/mol. The Hall–Kier alpha value is 0.710. The highest BCUT2D eigenvalue weighted by atomic mass is 127. The summed E-state index contributed by atoms with van der Waals surface area (Å²) in [5.41, 5.74) is 0. The molecule has 0 spiro atoms. The first-order valence-corrected chi connectivity index (χ1v) is 5.73. The van der Waals surface area contributed by atoms with Gasteiger partial charge >= 0.3 is 0 Å². The number of hydrogen-bond donors (Lipinski definition) is 0. The second-order valence-electron chi connectivity index (χ2n) is 4.52. The fourth-order valence-corrected chi connectivity index (χ4v) is 2.59. The van der Waals surface area contributed by atoms with Gasteiger partial charge in [0.1, 0.15) is 0 Å². The van der Waals surface area contributed by atoms with Crippen molar-refractivity contribution in [2.75, 3.05) is 27.7 Å². The zero-order valence-electron chi connectivity index (χ0n) is 9.84. The second kappa shape index (κ2) is 7.93. The summed E-state index contributed by atoms with van der Waals surface area (Å²) in [6, 6.07) is 0. The first-order chi connectivity index (χ1) is 5.85. The molecule has 0 N–H and O–H groups in total. The molecule has 0 aliphatic carbocycles. The maximum atomic E-state index is 11.3. The zero-order chi connectivity index (χ0) is 10.5. The number of quaternary nitrogens is 1. The predicted molar refractivity (Wildman–Crippen MR) is 59.9 cm³/mol. The Labute approximate surface area is 109 Å². The molecule has 2 nitrogen and oxygen atoms in total. The third-order valence-electron chi connectivity index (χ3n) is 1.59. The molecule has 0 heterocycles. The number of carbonyl (C=O) groups excluding carboxylic acids is 1. The molecule has 1 unspecified atom stereocenters. The Morgan fingerprint density at radius 3 is 2.21 bits per heavy atom. The Morgan fingerprint density at radius 2 is 1.86 bits per heavy atom. The van der Waals surface area contributed by atoms with Crippen molar-refractivity contribution in [1.82, 2.24) is 0 Å². The Kier molecular flexibility index (Phi) is 9.70. The highest BCUT2D eigenvalue weighted by Gasteiger charge is 2.16. The van der Waals surface area contributed by atoms with E-state index in [1.807, 2.05) is 6.92 Å². The van der Waals surface area contributed by atoms with Crippen molar-refractivity contribution in [3.63, 3.8) is 0 Å². The minimum atomic E-state index is 0. The molecule has 0 amide bonds. The van der Waals surface area contributed by atoms with E-state index in [1.165, 1.54) is 11.8 Å². The molecule has 0 saturated heterocycles. The summed E-state index contributed by atoms with van der Waals surface area (Å²) in [5, 5.41) is 0.766. The van der Waals surface area contributed by atoms with Crippen LogP contribution in [-0.4, -0.2) is 42.5 Å². The average Bonchev–Trinajstić information content (AvgIpc) is 1.81. The Bertz CT molecular complexity index is 168. The van der Waals surface area contributed by atoms with Crippen molar-refractivity contribution in [1.29, 1.82) is 0 Å². The van der Waals surface area contributed by atoms with Crippen molar-refractivity contribution < 1.29 is 33.3 Å². The summed E-state index contributed by atoms with van der Waals surface area (Å²) in [6.45, 7) is 5.21. The first-order valence-electron chi connectivity index (χ1n) is 4.85. The molecule has 0 aromatic carbocycles. The molecule has 0 aliphatic rings. The lowest BCUT2D eigenvalue weighted by Gasteiger charge is -2.26. The van der Waals surface area contributed by atoms with E-state index in [2.05, 4.69) is 28.1 Å². The highest BCUT2D eigenvalue weighted by Crippen LogP contribution is 2.16. The Balaban J connectivity index is 0. The van der Waals surface area contributed by atoms with Gasteiger partial charge in [0.2, 0.25) is 0 Å². The van der Waals surface area contributed by atoms with Gasteiger partial charge in [0.15, 0.2) is 5.12 Å². The maximum Gasteiger partial charge on any atom is 0.189 e. The lowest BCUT2D eigenvalue weighted by molar-refractivity contribution is -0.869. The fraction of sp³-hybridized carbons (Fsp3) is 0.900. The SMILES string of the molecule is CCCC(=O)SC(C)C[N+](C)(C)C.[I-]. The largest absolute Gasteiger partial charge is 1.00 e. The van der Waals surface area contributed by atoms with Gasteiger partial charge < -0.3 is 28.5 Å². The number of nitrogens with zero attached hydrogens (tertiary/aromatic N) is 1. The van der Waals surface area contributed by atoms with Crippen LogP contribution < -0.4 is 24.0 Å². The van der Waals surface area contributed by atoms with E-state index in [0.29, 0.717) is 16.8 Å². The average molecular weight is 331 g/mol. The molecule has 0 aliphatic heterocycles. The van der Waals surface area contributed by atoms with E-state index >= 15 is 0 Å². The van der Waals surface area contributed by atoms with Crippen molar-refractivity contribution >= 4 is 16.9 Å². The summed E-state index contributed by atoms with van der Waals surface area (Å²) >= 11 is 1.50. The van der Waals surface area contributed by atoms with Gasteiger partial charge in [-0.3, -0.25) is 4.79 Å². The number of carbonyl (C=O) groups is 1. The highest BCUT2D eigenvalue weighted by molar-refractivity contribution is 8.14. The van der Waals surface area contributed by atoms with Gasteiger partial charge in [-0.25, -0.2) is 0 Å². The first kappa shape index (κ1) is 17.1. The van der Waals surface area contributed by atoms with E-state index in [-0.39, 0.29) is 24.0 Å². The molecule has 0 bridgehead atoms. The predicted octanol–water partition coefficient (Wildman–Crippen LogP) is -0.855. The second-order valence-corrected chi connectivity index (χ2v) is 6.02. The summed E-state index contributed by atoms with van der Waals surface area (Å²) in [5.74, 6) is 0. The summed E-state index contributed by atoms with van der Waals surface area (Å²) < 4.78 is 0.924. The summed E-state index contributed by atoms with van der Waals surface area (Å²) in [7, 11) is 6.46. The third-order valence-corrected chi connectivity index (χ3v) is 2.61. The van der Waals surface area contributed by atoms with Crippen molar-refractivity contribution in [3.05, 3.63) is 0 Å². The van der Waals surface area contributed by atoms with Crippen LogP contribution in [0.5, 0.6) is 0 Å². The van der Waals surface area contributed by atoms with Gasteiger partial charge in [-0.15, -0.1) is 0 Å². The minimum Gasteiger partial charge on any atom is -1.00 e. The number of hydrogen-bond acceptors (Lipinski definition) is 2. The number of thioether (sulfide) groups is 1. The van der Waals surface area contributed by atoms with Crippen LogP contribution in [0.15, 0.2) is 0 Å². The topological polar surface area (TPSA) is 17.1 Å². The van der Waals surface area contributed by atoms with Crippen LogP contribution in [0.3, 0.4) is 0 Å². The third kappa shape index (κ3) is 10.8. The van der Waals surface area contributed by atoms with Gasteiger partial charge in [0, 0.05) is 6.42 Å². The molecule has 14 heavy (non-hydrogen) atoms. The maximum absolute atomic E-state index is 11.3. The number of halogens is 1. The molecule has 0 aromatic heterocycles. The van der Waals surface area contributed by atoms with E-state index in [1.54, 1.807) is 0 Å². The smallest absolute Gasteiger partial charge is 0.189 e. The molecule has 4 heteroatoms. The van der Waals surface area contributed by atoms with E-state index in [9.17, 15) is 4.79 Å². The van der Waals surface area contributed by atoms with E-state index in [0.717, 1.165) is 17.4 Å². The van der Waals surface area contributed by atoms with E-state index in [4.69, 9.17) is 0 Å². The standard InChI is InChI=1S/C10H22NOS.HI/c1-6-7-10(12)13-9(2)8-11(3,4)5;/h9H,6-8H2,1-5H3;1H/q+1;/p-1. The van der Waals surface area contributed by atoms with Gasteiger partial charge in [0.05, 0.1) is 32.9 Å². The normalized spacial score (nSPS) is 13.2. The summed E-state index contributed by atoms with van der Waals surface area (Å²) in [6.07, 6.45) is 1.68. The van der Waals surface area contributed by atoms with Crippen LogP contribution in [0.1, 0.15) is 26.7 Å². The van der Waals surface area contributed by atoms with Crippen molar-refractivity contribution in [2.45, 2.75) is 31.9 Å². The molecule has 1 atom stereocenters. The molecule has 0 aromatic rings. The van der Waals surface area contributed by atoms with Crippen LogP contribution in [0.25, 0.3) is 0 Å². The molecule has 86 valence electrons. The summed E-state index contributed by atoms with van der Waals surface area (Å²) in [4.78, 5) is 11.3. The van der Waals surface area contributed by atoms with Crippen LogP contribution in [0.2, 0.25) is 0 Å². The quantitative estimate of drug-likeness (QED) is 0.482. The fourth-order valence-electron chi connectivity index (χ4n) is 1.30. The van der Waals surface area contributed by atoms with Gasteiger partial charge in [-0.05, 0) is 13.3 Å². The van der Waals surface area contributed by atoms with Gasteiger partial charge in [0.25, 0.3) is 0 Å². The molecule has 0 radical (unpaired) electrons. The zero-order valence-corrected chi connectivity index (χ0v) is 12.8. The van der Waals surface area contributed by atoms with Crippen molar-refractivity contribution in [2.24, 2.45) is 0 Å².